The van der Waals surface area contributed by atoms with Crippen LogP contribution in [0.25, 0.3) is 0 Å². The molecule has 2 heteroatoms. The van der Waals surface area contributed by atoms with E-state index < -0.39 is 0 Å². The van der Waals surface area contributed by atoms with Crippen molar-refractivity contribution >= 4 is 0 Å². The van der Waals surface area contributed by atoms with Gasteiger partial charge in [0.25, 0.3) is 0 Å². The van der Waals surface area contributed by atoms with Crippen LogP contribution < -0.4 is 11.5 Å². The van der Waals surface area contributed by atoms with E-state index in [0.29, 0.717) is 33.7 Å². The van der Waals surface area contributed by atoms with Gasteiger partial charge < -0.3 is 11.5 Å². The van der Waals surface area contributed by atoms with Crippen LogP contribution in [0.15, 0.2) is 0 Å². The van der Waals surface area contributed by atoms with Crippen LogP contribution in [0.3, 0.4) is 0 Å². The molecule has 4 N–H and O–H groups in total. The molecule has 0 aromatic rings. The van der Waals surface area contributed by atoms with Gasteiger partial charge in [0.05, 0.1) is 0 Å². The second-order valence-electron chi connectivity index (χ2n) is 68.0. The van der Waals surface area contributed by atoms with E-state index >= 15 is 0 Å². The summed E-state index contributed by atoms with van der Waals surface area (Å²) in [7, 11) is 0. The normalized spacial score (nSPS) is 56.7. The summed E-state index contributed by atoms with van der Waals surface area (Å²) < 4.78 is 0. The Kier molecular flexibility index (Phi) is 32.2. The van der Waals surface area contributed by atoms with Crippen LogP contribution in [0.2, 0.25) is 0 Å². The van der Waals surface area contributed by atoms with E-state index in [2.05, 4.69) is 132 Å². The number of nitrogens with two attached hydrogens (primary N) is 2. The zero-order valence-corrected chi connectivity index (χ0v) is 101. The van der Waals surface area contributed by atoms with Crippen molar-refractivity contribution in [3.63, 3.8) is 0 Å². The fourth-order valence-corrected chi connectivity index (χ4v) is 53.8. The molecule has 28 saturated carbocycles. The van der Waals surface area contributed by atoms with Crippen molar-refractivity contribution in [1.82, 2.24) is 0 Å². The molecule has 0 bridgehead atoms. The largest absolute Gasteiger partial charge is 0.328 e. The second-order valence-corrected chi connectivity index (χ2v) is 68.0. The van der Waals surface area contributed by atoms with E-state index in [1.54, 1.807) is 270 Å². The number of rotatable bonds is 6. The molecular weight excluding hydrogens is 1760 g/mol. The minimum absolute atomic E-state index is 0.492. The molecule has 0 spiro atoms. The smallest absolute Gasteiger partial charge is 0.00724 e. The lowest BCUT2D eigenvalue weighted by atomic mass is 9.44. The lowest BCUT2D eigenvalue weighted by Gasteiger charge is -2.61. The molecule has 0 amide bonds. The molecule has 28 fully saturated rings. The molecular formula is C144H248N2. The molecule has 0 aliphatic heterocycles. The van der Waals surface area contributed by atoms with Gasteiger partial charge >= 0.3 is 0 Å². The monoisotopic (exact) mass is 2010 g/mol. The first-order valence-electron chi connectivity index (χ1n) is 69.4. The van der Waals surface area contributed by atoms with Crippen LogP contribution in [-0.4, -0.2) is 12.1 Å². The molecule has 0 aromatic carbocycles. The van der Waals surface area contributed by atoms with Crippen LogP contribution in [0.5, 0.6) is 0 Å². The summed E-state index contributed by atoms with van der Waals surface area (Å²) in [5.41, 5.74) is 22.8. The first-order valence-corrected chi connectivity index (χ1v) is 69.4. The van der Waals surface area contributed by atoms with Gasteiger partial charge in [-0.25, -0.2) is 0 Å². The third-order valence-corrected chi connectivity index (χ3v) is 62.4. The van der Waals surface area contributed by atoms with Crippen LogP contribution in [-0.2, 0) is 0 Å². The van der Waals surface area contributed by atoms with Gasteiger partial charge in [-0.15, -0.1) is 0 Å². The Morgan fingerprint density at radius 1 is 0.185 bits per heavy atom. The predicted octanol–water partition coefficient (Wildman–Crippen LogP) is 42.1. The summed E-state index contributed by atoms with van der Waals surface area (Å²) in [4.78, 5) is 0. The van der Waals surface area contributed by atoms with Gasteiger partial charge in [-0.1, -0.05) is 228 Å². The molecule has 49 atom stereocenters. The van der Waals surface area contributed by atoms with E-state index in [1.807, 2.05) is 0 Å². The van der Waals surface area contributed by atoms with E-state index in [4.69, 9.17) is 11.5 Å². The Balaban J connectivity index is 0.0000000969. The highest BCUT2D eigenvalue weighted by atomic mass is 14.8. The summed E-state index contributed by atoms with van der Waals surface area (Å²) in [5, 5.41) is 0. The zero-order valence-electron chi connectivity index (χ0n) is 101. The summed E-state index contributed by atoms with van der Waals surface area (Å²) in [6, 6.07) is 0.999. The van der Waals surface area contributed by atoms with Gasteiger partial charge in [-0.05, 0) is 663 Å². The fraction of sp³-hybridized carbons (Fsp3) is 1.00. The second kappa shape index (κ2) is 42.8. The Labute approximate surface area is 907 Å². The van der Waals surface area contributed by atoms with Crippen molar-refractivity contribution < 1.29 is 0 Å². The molecule has 0 aromatic heterocycles. The Bertz CT molecular complexity index is 4090. The van der Waals surface area contributed by atoms with Crippen molar-refractivity contribution in [3.8, 4) is 0 Å². The van der Waals surface area contributed by atoms with Crippen molar-refractivity contribution in [2.24, 2.45) is 283 Å². The summed E-state index contributed by atoms with van der Waals surface area (Å²) in [6.07, 6.45) is 116. The maximum atomic E-state index is 6.53. The van der Waals surface area contributed by atoms with E-state index in [-0.39, 0.29) is 0 Å². The highest BCUT2D eigenvalue weighted by Gasteiger charge is 2.68. The topological polar surface area (TPSA) is 52.0 Å². The fourth-order valence-electron chi connectivity index (χ4n) is 53.8. The number of fused-ring (bicyclic) bond motifs is 35. The quantitative estimate of drug-likeness (QED) is 0.278. The SMILES string of the molecule is CCC[C@@H]1CC[C@@]2(C)[C@@H](CC[C@H]3[C@@H]4CCC[C@@]4(C)CC[C@@H]32)C1.CCC[C@H]1CC[C@@]2(C)[C@@H](CC[C@H]3[C@@H]4CCC[C@@]4(C)CC[C@@H]32)C1.CC[C@@H]1CC[C@@]2(C)[C@@H](CC[C@H]3[C@@H]4CCC[C@@]4(C)CC[C@@H]32)C1.CC[C@H]1CC[C@@]2(C)[C@@H](CC[C@H]3[C@@H]4CCC[C@@]4(C)CC[C@@H]32)C1.C[C@@]12CCC[C@H]1[C@@H]1CC[C@H]3C(N)CCC[C@]3(C)[C@H]1CC2.C[C@@]12CCC[C@H]1[C@@H]1CC[C@H]3CCC(N)C[C@]3(C)[C@H]1CC2.C[C@H]1CC[C@@]2(C)[C@@H](CC[C@H]3[C@@H]4CCC[C@@]4(C)CC[C@@H]32)C1. The van der Waals surface area contributed by atoms with E-state index in [0.717, 1.165) is 249 Å². The van der Waals surface area contributed by atoms with Crippen molar-refractivity contribution in [2.75, 3.05) is 0 Å². The van der Waals surface area contributed by atoms with Gasteiger partial charge in [-0.2, -0.15) is 0 Å². The molecule has 0 heterocycles. The van der Waals surface area contributed by atoms with Crippen molar-refractivity contribution in [2.45, 2.75) is 632 Å². The average Bonchev–Trinajstić information content (AvgIpc) is 1.42. The van der Waals surface area contributed by atoms with E-state index in [9.17, 15) is 0 Å². The summed E-state index contributed by atoms with van der Waals surface area (Å²) >= 11 is 0. The van der Waals surface area contributed by atoms with Crippen LogP contribution in [0.1, 0.15) is 620 Å². The minimum Gasteiger partial charge on any atom is -0.328 e. The maximum absolute atomic E-state index is 6.53. The predicted molar refractivity (Wildman–Crippen MR) is 624 cm³/mol. The standard InChI is InChI=1S/2C22H38.2C21H36.C20H34.2C19H33N/c2*1-4-6-16-10-14-22(3)17(15-16)8-9-18-19-7-5-12-21(19,2)13-11-20(18)22;2*1-4-15-9-13-21(3)16(14-15)7-8-17-18-6-5-11-20(18,2)12-10-19(17)21;1-14-8-12-20(3)15(13-14)6-7-16-17-5-4-10-19(17,2)11-9-18(16)20;1-18-10-3-5-14(18)13-7-8-16-17(20)6-4-11-19(16,2)15(13)9-12-18;1-18-10-3-4-16(18)15-8-6-13-5-7-14(20)12-19(13,2)17(15)9-11-18/h2*16-20H,4-15H2,1-3H3;2*15-19H,4-14H2,1-3H3;14-18H,4-13H2,1-3H3;2*13-17H,3-12,20H2,1-2H3/t16-,17+,18+,19+,20+,21+,22+;16-,17-,18-,19-,20-,21-,22-;15-,16+,17+,18+,19+,20+,21+;15-,16-,17-,18-,19-,20-,21-;14-,15-,16-,17-,18-,19-,20-;13-,14-,15-,16-,17?,18-,19+;13-,14?,15+,16+,17+,18+,19+/m1010001/s1. The lowest BCUT2D eigenvalue weighted by molar-refractivity contribution is -0.111. The minimum atomic E-state index is 0.492. The van der Waals surface area contributed by atoms with Crippen LogP contribution in [0.4, 0.5) is 0 Å². The Hall–Kier alpha value is -0.0800. The zero-order chi connectivity index (χ0) is 102. The van der Waals surface area contributed by atoms with Gasteiger partial charge in [0.2, 0.25) is 0 Å². The van der Waals surface area contributed by atoms with Gasteiger partial charge in [0.1, 0.15) is 0 Å². The van der Waals surface area contributed by atoms with Gasteiger partial charge in [0.15, 0.2) is 0 Å². The Morgan fingerprint density at radius 3 is 0.719 bits per heavy atom. The molecule has 146 heavy (non-hydrogen) atoms. The highest BCUT2D eigenvalue weighted by Crippen LogP contribution is 2.77. The van der Waals surface area contributed by atoms with E-state index in [1.165, 1.54) is 218 Å². The number of hydrogen-bond acceptors (Lipinski definition) is 2. The highest BCUT2D eigenvalue weighted by molar-refractivity contribution is 5.18. The third kappa shape index (κ3) is 19.4. The summed E-state index contributed by atoms with van der Waals surface area (Å²) in [6.45, 7) is 49.4. The first kappa shape index (κ1) is 110. The molecule has 0 saturated heterocycles. The first-order chi connectivity index (χ1) is 69.9. The maximum Gasteiger partial charge on any atom is 0.00724 e. The lowest BCUT2D eigenvalue weighted by Crippen LogP contribution is -2.56. The molecule has 28 aliphatic rings. The van der Waals surface area contributed by atoms with Gasteiger partial charge in [0, 0.05) is 12.1 Å². The summed E-state index contributed by atoms with van der Waals surface area (Å²) in [5.74, 6) is 35.1. The van der Waals surface area contributed by atoms with Crippen LogP contribution >= 0.6 is 0 Å². The molecule has 28 rings (SSSR count). The average molecular weight is 2010 g/mol. The third-order valence-electron chi connectivity index (χ3n) is 62.4. The number of hydrogen-bond donors (Lipinski definition) is 2. The molecule has 2 unspecified atom stereocenters. The molecule has 2 nitrogen and oxygen atoms in total. The van der Waals surface area contributed by atoms with Crippen molar-refractivity contribution in [1.29, 1.82) is 0 Å². The molecule has 0 radical (unpaired) electrons. The van der Waals surface area contributed by atoms with Crippen molar-refractivity contribution in [3.05, 3.63) is 0 Å². The molecule has 834 valence electrons. The van der Waals surface area contributed by atoms with Gasteiger partial charge in [-0.3, -0.25) is 0 Å². The Morgan fingerprint density at radius 2 is 0.425 bits per heavy atom. The van der Waals surface area contributed by atoms with Crippen LogP contribution in [0, 0.1) is 271 Å². The molecule has 28 aliphatic carbocycles.